The molecule has 0 aliphatic rings. The van der Waals surface area contributed by atoms with Gasteiger partial charge in [0.25, 0.3) is 5.91 Å². The lowest BCUT2D eigenvalue weighted by atomic mass is 10.2. The van der Waals surface area contributed by atoms with Crippen molar-refractivity contribution in [1.29, 1.82) is 0 Å². The summed E-state index contributed by atoms with van der Waals surface area (Å²) < 4.78 is 5.71. The molecule has 2 aromatic carbocycles. The lowest BCUT2D eigenvalue weighted by molar-refractivity contribution is -0.118. The molecule has 1 amide bonds. The van der Waals surface area contributed by atoms with E-state index in [-0.39, 0.29) is 12.5 Å². The summed E-state index contributed by atoms with van der Waals surface area (Å²) in [4.78, 5) is 12.0. The number of rotatable bonds is 8. The molecule has 4 nitrogen and oxygen atoms in total. The van der Waals surface area contributed by atoms with Gasteiger partial charge in [0.1, 0.15) is 5.75 Å². The predicted molar refractivity (Wildman–Crippen MR) is 98.3 cm³/mol. The molecule has 128 valence electrons. The number of amides is 1. The Morgan fingerprint density at radius 3 is 2.54 bits per heavy atom. The maximum atomic E-state index is 12.0. The van der Waals surface area contributed by atoms with Crippen molar-refractivity contribution in [2.45, 2.75) is 39.8 Å². The summed E-state index contributed by atoms with van der Waals surface area (Å²) in [5.74, 6) is 0.580. The van der Waals surface area contributed by atoms with Gasteiger partial charge < -0.3 is 15.4 Å². The molecular weight excluding hydrogens is 300 g/mol. The van der Waals surface area contributed by atoms with Crippen LogP contribution in [-0.2, 0) is 11.3 Å². The molecule has 0 bridgehead atoms. The highest BCUT2D eigenvalue weighted by Crippen LogP contribution is 2.18. The van der Waals surface area contributed by atoms with Crippen molar-refractivity contribution in [2.24, 2.45) is 0 Å². The molecule has 0 aliphatic carbocycles. The molecule has 0 unspecified atom stereocenters. The van der Waals surface area contributed by atoms with Crippen LogP contribution >= 0.6 is 0 Å². The Morgan fingerprint density at radius 2 is 1.83 bits per heavy atom. The van der Waals surface area contributed by atoms with E-state index in [0.29, 0.717) is 6.04 Å². The van der Waals surface area contributed by atoms with Crippen LogP contribution in [0.2, 0.25) is 0 Å². The first-order chi connectivity index (χ1) is 11.6. The summed E-state index contributed by atoms with van der Waals surface area (Å²) in [5.41, 5.74) is 2.99. The normalized spacial score (nSPS) is 11.8. The van der Waals surface area contributed by atoms with Gasteiger partial charge >= 0.3 is 0 Å². The lowest BCUT2D eigenvalue weighted by Crippen LogP contribution is -2.25. The monoisotopic (exact) mass is 326 g/mol. The molecule has 0 saturated heterocycles. The van der Waals surface area contributed by atoms with E-state index in [1.807, 2.05) is 55.5 Å². The van der Waals surface area contributed by atoms with Crippen LogP contribution in [0.5, 0.6) is 5.75 Å². The molecule has 0 aromatic heterocycles. The summed E-state index contributed by atoms with van der Waals surface area (Å²) in [6, 6.07) is 16.0. The summed E-state index contributed by atoms with van der Waals surface area (Å²) >= 11 is 0. The Bertz CT molecular complexity index is 653. The van der Waals surface area contributed by atoms with E-state index in [9.17, 15) is 4.79 Å². The Kier molecular flexibility index (Phi) is 6.82. The average molecular weight is 326 g/mol. The summed E-state index contributed by atoms with van der Waals surface area (Å²) in [6.45, 7) is 7.03. The molecule has 2 rings (SSSR count). The van der Waals surface area contributed by atoms with Gasteiger partial charge in [-0.25, -0.2) is 0 Å². The third-order valence-corrected chi connectivity index (χ3v) is 3.92. The standard InChI is InChI=1S/C20H26N2O2/c1-4-16(3)21-13-17-7-5-6-8-19(17)24-14-20(23)22-18-11-9-15(2)10-12-18/h5-12,16,21H,4,13-14H2,1-3H3,(H,22,23)/t16-/m0/s1. The van der Waals surface area contributed by atoms with Crippen LogP contribution in [0.4, 0.5) is 5.69 Å². The minimum absolute atomic E-state index is 0.00573. The van der Waals surface area contributed by atoms with Crippen molar-refractivity contribution in [3.05, 3.63) is 59.7 Å². The summed E-state index contributed by atoms with van der Waals surface area (Å²) in [5, 5.41) is 6.28. The van der Waals surface area contributed by atoms with Gasteiger partial charge in [0.2, 0.25) is 0 Å². The average Bonchev–Trinajstić information content (AvgIpc) is 2.60. The molecule has 0 spiro atoms. The highest BCUT2D eigenvalue weighted by Gasteiger charge is 2.08. The fourth-order valence-electron chi connectivity index (χ4n) is 2.20. The van der Waals surface area contributed by atoms with E-state index in [1.165, 1.54) is 0 Å². The minimum Gasteiger partial charge on any atom is -0.483 e. The topological polar surface area (TPSA) is 50.4 Å². The quantitative estimate of drug-likeness (QED) is 0.773. The van der Waals surface area contributed by atoms with Gasteiger partial charge in [-0.1, -0.05) is 42.8 Å². The molecule has 0 heterocycles. The second kappa shape index (κ2) is 9.08. The number of hydrogen-bond donors (Lipinski definition) is 2. The first-order valence-corrected chi connectivity index (χ1v) is 8.39. The van der Waals surface area contributed by atoms with Crippen LogP contribution in [0.15, 0.2) is 48.5 Å². The van der Waals surface area contributed by atoms with Gasteiger partial charge in [0.15, 0.2) is 6.61 Å². The van der Waals surface area contributed by atoms with E-state index in [2.05, 4.69) is 24.5 Å². The second-order valence-corrected chi connectivity index (χ2v) is 6.00. The highest BCUT2D eigenvalue weighted by molar-refractivity contribution is 5.91. The third-order valence-electron chi connectivity index (χ3n) is 3.92. The van der Waals surface area contributed by atoms with Crippen LogP contribution in [-0.4, -0.2) is 18.6 Å². The number of hydrogen-bond acceptors (Lipinski definition) is 3. The van der Waals surface area contributed by atoms with E-state index in [1.54, 1.807) is 0 Å². The highest BCUT2D eigenvalue weighted by atomic mass is 16.5. The molecular formula is C20H26N2O2. The number of nitrogens with one attached hydrogen (secondary N) is 2. The molecule has 0 fully saturated rings. The molecule has 0 aliphatic heterocycles. The van der Waals surface area contributed by atoms with Gasteiger partial charge in [-0.3, -0.25) is 4.79 Å². The Hall–Kier alpha value is -2.33. The fraction of sp³-hybridized carbons (Fsp3) is 0.350. The zero-order chi connectivity index (χ0) is 17.4. The summed E-state index contributed by atoms with van der Waals surface area (Å²) in [6.07, 6.45) is 1.07. The third kappa shape index (κ3) is 5.70. The van der Waals surface area contributed by atoms with Gasteiger partial charge in [-0.05, 0) is 38.5 Å². The zero-order valence-electron chi connectivity index (χ0n) is 14.6. The van der Waals surface area contributed by atoms with E-state index in [0.717, 1.165) is 35.5 Å². The van der Waals surface area contributed by atoms with Gasteiger partial charge in [0.05, 0.1) is 0 Å². The number of para-hydroxylation sites is 1. The first-order valence-electron chi connectivity index (χ1n) is 8.39. The van der Waals surface area contributed by atoms with Crippen molar-refractivity contribution in [3.8, 4) is 5.75 Å². The largest absolute Gasteiger partial charge is 0.483 e. The molecule has 4 heteroatoms. The number of anilines is 1. The van der Waals surface area contributed by atoms with Gasteiger partial charge in [-0.2, -0.15) is 0 Å². The van der Waals surface area contributed by atoms with E-state index in [4.69, 9.17) is 4.74 Å². The number of carbonyl (C=O) groups is 1. The maximum Gasteiger partial charge on any atom is 0.262 e. The lowest BCUT2D eigenvalue weighted by Gasteiger charge is -2.15. The van der Waals surface area contributed by atoms with Crippen LogP contribution in [0.1, 0.15) is 31.4 Å². The fourth-order valence-corrected chi connectivity index (χ4v) is 2.20. The Labute approximate surface area is 144 Å². The second-order valence-electron chi connectivity index (χ2n) is 6.00. The smallest absolute Gasteiger partial charge is 0.262 e. The van der Waals surface area contributed by atoms with Crippen LogP contribution in [0, 0.1) is 6.92 Å². The zero-order valence-corrected chi connectivity index (χ0v) is 14.6. The maximum absolute atomic E-state index is 12.0. The molecule has 0 saturated carbocycles. The Morgan fingerprint density at radius 1 is 1.12 bits per heavy atom. The molecule has 24 heavy (non-hydrogen) atoms. The minimum atomic E-state index is -0.163. The summed E-state index contributed by atoms with van der Waals surface area (Å²) in [7, 11) is 0. The molecule has 1 atom stereocenters. The number of benzene rings is 2. The SMILES string of the molecule is CC[C@H](C)NCc1ccccc1OCC(=O)Nc1ccc(C)cc1. The molecule has 2 N–H and O–H groups in total. The van der Waals surface area contributed by atoms with Gasteiger partial charge in [0, 0.05) is 23.8 Å². The molecule has 0 radical (unpaired) electrons. The van der Waals surface area contributed by atoms with Crippen molar-refractivity contribution in [3.63, 3.8) is 0 Å². The molecule has 2 aromatic rings. The number of carbonyl (C=O) groups excluding carboxylic acids is 1. The first kappa shape index (κ1) is 18.0. The predicted octanol–water partition coefficient (Wildman–Crippen LogP) is 3.90. The van der Waals surface area contributed by atoms with Crippen molar-refractivity contribution in [2.75, 3.05) is 11.9 Å². The van der Waals surface area contributed by atoms with Gasteiger partial charge in [-0.15, -0.1) is 0 Å². The number of ether oxygens (including phenoxy) is 1. The van der Waals surface area contributed by atoms with Crippen molar-refractivity contribution >= 4 is 11.6 Å². The number of aryl methyl sites for hydroxylation is 1. The van der Waals surface area contributed by atoms with Crippen LogP contribution < -0.4 is 15.4 Å². The van der Waals surface area contributed by atoms with Crippen LogP contribution in [0.25, 0.3) is 0 Å². The Balaban J connectivity index is 1.89. The van der Waals surface area contributed by atoms with E-state index >= 15 is 0 Å². The van der Waals surface area contributed by atoms with Crippen LogP contribution in [0.3, 0.4) is 0 Å². The van der Waals surface area contributed by atoms with E-state index < -0.39 is 0 Å². The van der Waals surface area contributed by atoms with Crippen molar-refractivity contribution in [1.82, 2.24) is 5.32 Å². The van der Waals surface area contributed by atoms with Crippen molar-refractivity contribution < 1.29 is 9.53 Å².